The number of dihydropyridines is 1. The maximum atomic E-state index is 13.4. The first-order valence-corrected chi connectivity index (χ1v) is 10.8. The lowest BCUT2D eigenvalue weighted by atomic mass is 9.82. The van der Waals surface area contributed by atoms with Crippen LogP contribution >= 0.6 is 11.8 Å². The Labute approximate surface area is 191 Å². The number of benzene rings is 2. The number of nitrogens with one attached hydrogen (secondary N) is 2. The lowest BCUT2D eigenvalue weighted by Gasteiger charge is -2.30. The van der Waals surface area contributed by atoms with E-state index in [1.165, 1.54) is 26.0 Å². The second kappa shape index (κ2) is 10.6. The van der Waals surface area contributed by atoms with Crippen LogP contribution in [0.3, 0.4) is 0 Å². The van der Waals surface area contributed by atoms with E-state index in [9.17, 15) is 14.9 Å². The average molecular weight is 450 g/mol. The predicted molar refractivity (Wildman–Crippen MR) is 124 cm³/mol. The van der Waals surface area contributed by atoms with Gasteiger partial charge >= 0.3 is 5.97 Å². The van der Waals surface area contributed by atoms with Gasteiger partial charge in [-0.25, -0.2) is 0 Å². The molecule has 0 saturated carbocycles. The molecule has 1 atom stereocenters. The molecule has 0 radical (unpaired) electrons. The molecule has 0 aromatic heterocycles. The number of carbonyl (C=O) groups is 2. The SMILES string of the molecule is COC(=O)CSC1=C(C#N)C(c2ccccc2)C(C(=O)Nc2ccccc2OC)=C(C)N1. The van der Waals surface area contributed by atoms with Gasteiger partial charge in [-0.2, -0.15) is 5.26 Å². The Balaban J connectivity index is 2.03. The highest BCUT2D eigenvalue weighted by molar-refractivity contribution is 8.03. The van der Waals surface area contributed by atoms with Crippen LogP contribution in [0, 0.1) is 11.3 Å². The monoisotopic (exact) mass is 449 g/mol. The first-order valence-electron chi connectivity index (χ1n) is 9.81. The lowest BCUT2D eigenvalue weighted by molar-refractivity contribution is -0.137. The molecule has 164 valence electrons. The van der Waals surface area contributed by atoms with Crippen molar-refractivity contribution < 1.29 is 19.1 Å². The highest BCUT2D eigenvalue weighted by Crippen LogP contribution is 2.41. The van der Waals surface area contributed by atoms with E-state index in [4.69, 9.17) is 9.47 Å². The van der Waals surface area contributed by atoms with Gasteiger partial charge in [0, 0.05) is 11.3 Å². The summed E-state index contributed by atoms with van der Waals surface area (Å²) < 4.78 is 10.1. The zero-order chi connectivity index (χ0) is 23.1. The van der Waals surface area contributed by atoms with Gasteiger partial charge in [-0.15, -0.1) is 0 Å². The number of anilines is 1. The number of nitrogens with zero attached hydrogens (tertiary/aromatic N) is 1. The van der Waals surface area contributed by atoms with Crippen molar-refractivity contribution in [2.24, 2.45) is 0 Å². The Morgan fingerprint density at radius 2 is 1.81 bits per heavy atom. The van der Waals surface area contributed by atoms with E-state index in [-0.39, 0.29) is 11.7 Å². The molecule has 0 spiro atoms. The van der Waals surface area contributed by atoms with Gasteiger partial charge in [0.05, 0.1) is 48.2 Å². The van der Waals surface area contributed by atoms with Crippen molar-refractivity contribution in [2.75, 3.05) is 25.3 Å². The minimum atomic E-state index is -0.600. The Kier molecular flexibility index (Phi) is 7.58. The number of ether oxygens (including phenoxy) is 2. The smallest absolute Gasteiger partial charge is 0.316 e. The molecule has 0 bridgehead atoms. The summed E-state index contributed by atoms with van der Waals surface area (Å²) >= 11 is 1.17. The van der Waals surface area contributed by atoms with Gasteiger partial charge in [0.1, 0.15) is 5.75 Å². The van der Waals surface area contributed by atoms with Crippen molar-refractivity contribution in [1.29, 1.82) is 5.26 Å². The number of esters is 1. The van der Waals surface area contributed by atoms with E-state index in [1.807, 2.05) is 36.4 Å². The number of allylic oxidation sites excluding steroid dienone is 2. The fraction of sp³-hybridized carbons (Fsp3) is 0.208. The molecule has 8 heteroatoms. The fourth-order valence-electron chi connectivity index (χ4n) is 3.43. The highest BCUT2D eigenvalue weighted by atomic mass is 32.2. The predicted octanol–water partition coefficient (Wildman–Crippen LogP) is 3.94. The Morgan fingerprint density at radius 1 is 1.12 bits per heavy atom. The third kappa shape index (κ3) is 4.95. The third-order valence-corrected chi connectivity index (χ3v) is 5.93. The number of rotatable bonds is 7. The minimum absolute atomic E-state index is 0.0432. The molecule has 0 saturated heterocycles. The molecule has 2 aromatic rings. The summed E-state index contributed by atoms with van der Waals surface area (Å²) in [5.41, 5.74) is 2.70. The molecular formula is C24H23N3O4S. The fourth-order valence-corrected chi connectivity index (χ4v) is 4.36. The average Bonchev–Trinajstić information content (AvgIpc) is 2.82. The van der Waals surface area contributed by atoms with Crippen LogP contribution in [-0.2, 0) is 14.3 Å². The van der Waals surface area contributed by atoms with E-state index < -0.39 is 11.9 Å². The molecule has 0 aliphatic carbocycles. The maximum absolute atomic E-state index is 13.4. The van der Waals surface area contributed by atoms with Crippen LogP contribution in [0.5, 0.6) is 5.75 Å². The first kappa shape index (κ1) is 23.0. The molecule has 32 heavy (non-hydrogen) atoms. The summed E-state index contributed by atoms with van der Waals surface area (Å²) in [6.07, 6.45) is 0. The number of carbonyl (C=O) groups excluding carboxylic acids is 2. The lowest BCUT2D eigenvalue weighted by Crippen LogP contribution is -2.31. The molecule has 1 aliphatic rings. The van der Waals surface area contributed by atoms with Gasteiger partial charge < -0.3 is 20.1 Å². The van der Waals surface area contributed by atoms with E-state index in [1.54, 1.807) is 25.1 Å². The molecule has 1 aliphatic heterocycles. The summed E-state index contributed by atoms with van der Waals surface area (Å²) in [4.78, 5) is 25.1. The number of amides is 1. The second-order valence-electron chi connectivity index (χ2n) is 6.88. The van der Waals surface area contributed by atoms with Gasteiger partial charge in [0.25, 0.3) is 5.91 Å². The van der Waals surface area contributed by atoms with Crippen molar-refractivity contribution in [1.82, 2.24) is 5.32 Å². The standard InChI is InChI=1S/C24H23N3O4S/c1-15-21(23(29)27-18-11-7-8-12-19(18)30-2)22(16-9-5-4-6-10-16)17(13-25)24(26-15)32-14-20(28)31-3/h4-12,22,26H,14H2,1-3H3,(H,27,29). The number of hydrogen-bond acceptors (Lipinski definition) is 7. The third-order valence-electron chi connectivity index (χ3n) is 4.94. The number of methoxy groups -OCH3 is 2. The summed E-state index contributed by atoms with van der Waals surface area (Å²) in [7, 11) is 2.85. The van der Waals surface area contributed by atoms with Crippen LogP contribution in [0.2, 0.25) is 0 Å². The summed E-state index contributed by atoms with van der Waals surface area (Å²) in [5.74, 6) is -0.777. The van der Waals surface area contributed by atoms with E-state index in [2.05, 4.69) is 16.7 Å². The topological polar surface area (TPSA) is 100 Å². The molecule has 7 nitrogen and oxygen atoms in total. The van der Waals surface area contributed by atoms with Crippen LogP contribution < -0.4 is 15.4 Å². The largest absolute Gasteiger partial charge is 0.495 e. The zero-order valence-corrected chi connectivity index (χ0v) is 18.8. The second-order valence-corrected chi connectivity index (χ2v) is 7.87. The van der Waals surface area contributed by atoms with Crippen LogP contribution in [-0.4, -0.2) is 31.8 Å². The summed E-state index contributed by atoms with van der Waals surface area (Å²) in [6.45, 7) is 1.78. The molecular weight excluding hydrogens is 426 g/mol. The quantitative estimate of drug-likeness (QED) is 0.618. The van der Waals surface area contributed by atoms with Crippen LogP contribution in [0.25, 0.3) is 0 Å². The number of nitriles is 1. The summed E-state index contributed by atoms with van der Waals surface area (Å²) in [5, 5.41) is 16.6. The van der Waals surface area contributed by atoms with Crippen LogP contribution in [0.1, 0.15) is 18.4 Å². The van der Waals surface area contributed by atoms with Crippen molar-refractivity contribution in [3.05, 3.63) is 82.0 Å². The zero-order valence-electron chi connectivity index (χ0n) is 18.0. The molecule has 0 fully saturated rings. The van der Waals surface area contributed by atoms with E-state index in [0.717, 1.165) is 5.56 Å². The van der Waals surface area contributed by atoms with Gasteiger partial charge in [-0.3, -0.25) is 9.59 Å². The Morgan fingerprint density at radius 3 is 2.47 bits per heavy atom. The molecule has 1 amide bonds. The van der Waals surface area contributed by atoms with Gasteiger partial charge in [-0.05, 0) is 24.6 Å². The van der Waals surface area contributed by atoms with Gasteiger partial charge in [0.15, 0.2) is 0 Å². The van der Waals surface area contributed by atoms with Gasteiger partial charge in [0.2, 0.25) is 0 Å². The van der Waals surface area contributed by atoms with Crippen molar-refractivity contribution in [3.63, 3.8) is 0 Å². The Hall–Kier alpha value is -3.70. The number of thioether (sulfide) groups is 1. The van der Waals surface area contributed by atoms with Crippen molar-refractivity contribution in [2.45, 2.75) is 12.8 Å². The van der Waals surface area contributed by atoms with E-state index in [0.29, 0.717) is 33.3 Å². The Bertz CT molecular complexity index is 1120. The minimum Gasteiger partial charge on any atom is -0.495 e. The highest BCUT2D eigenvalue weighted by Gasteiger charge is 2.35. The molecule has 3 rings (SSSR count). The summed E-state index contributed by atoms with van der Waals surface area (Å²) in [6, 6.07) is 18.7. The molecule has 2 N–H and O–H groups in total. The van der Waals surface area contributed by atoms with Crippen molar-refractivity contribution in [3.8, 4) is 11.8 Å². The van der Waals surface area contributed by atoms with Gasteiger partial charge in [-0.1, -0.05) is 54.2 Å². The number of para-hydroxylation sites is 2. The molecule has 1 heterocycles. The first-order chi connectivity index (χ1) is 15.5. The maximum Gasteiger partial charge on any atom is 0.316 e. The van der Waals surface area contributed by atoms with Crippen LogP contribution in [0.4, 0.5) is 5.69 Å². The molecule has 2 aromatic carbocycles. The van der Waals surface area contributed by atoms with Crippen LogP contribution in [0.15, 0.2) is 76.5 Å². The molecule has 1 unspecified atom stereocenters. The number of hydrogen-bond donors (Lipinski definition) is 2. The van der Waals surface area contributed by atoms with Crippen molar-refractivity contribution >= 4 is 29.3 Å². The van der Waals surface area contributed by atoms with E-state index >= 15 is 0 Å². The normalized spacial score (nSPS) is 15.5.